The maximum Gasteiger partial charge on any atom is 0.255 e. The third-order valence-corrected chi connectivity index (χ3v) is 5.29. The van der Waals surface area contributed by atoms with Gasteiger partial charge in [0.05, 0.1) is 11.1 Å². The highest BCUT2D eigenvalue weighted by Gasteiger charge is 2.28. The summed E-state index contributed by atoms with van der Waals surface area (Å²) in [5.74, 6) is 0.332. The third kappa shape index (κ3) is 3.34. The first-order valence-electron chi connectivity index (χ1n) is 9.30. The van der Waals surface area contributed by atoms with E-state index in [1.165, 1.54) is 0 Å². The maximum absolute atomic E-state index is 12.9. The normalized spacial score (nSPS) is 18.3. The number of rotatable bonds is 2. The second-order valence-corrected chi connectivity index (χ2v) is 7.03. The number of fused-ring (bicyclic) bond motifs is 1. The highest BCUT2D eigenvalue weighted by molar-refractivity contribution is 5.97. The molecule has 1 aromatic carbocycles. The van der Waals surface area contributed by atoms with Gasteiger partial charge in [-0.1, -0.05) is 30.4 Å². The van der Waals surface area contributed by atoms with Crippen LogP contribution in [-0.2, 0) is 4.79 Å². The predicted octanol–water partition coefficient (Wildman–Crippen LogP) is 2.88. The Kier molecular flexibility index (Phi) is 4.69. The molecule has 2 heterocycles. The number of para-hydroxylation sites is 1. The van der Waals surface area contributed by atoms with Crippen LogP contribution in [0.2, 0.25) is 0 Å². The molecule has 0 saturated carbocycles. The van der Waals surface area contributed by atoms with E-state index in [1.54, 1.807) is 6.20 Å². The number of benzene rings is 1. The Balaban J connectivity index is 1.44. The monoisotopic (exact) mass is 349 g/mol. The molecule has 26 heavy (non-hydrogen) atoms. The smallest absolute Gasteiger partial charge is 0.255 e. The van der Waals surface area contributed by atoms with E-state index in [0.717, 1.165) is 36.7 Å². The van der Waals surface area contributed by atoms with Crippen LogP contribution < -0.4 is 0 Å². The molecule has 1 aromatic heterocycles. The van der Waals surface area contributed by atoms with Gasteiger partial charge in [0.1, 0.15) is 0 Å². The molecule has 0 radical (unpaired) electrons. The lowest BCUT2D eigenvalue weighted by molar-refractivity contribution is -0.135. The molecular formula is C21H23N3O2. The van der Waals surface area contributed by atoms with Gasteiger partial charge in [-0.2, -0.15) is 0 Å². The molecule has 2 amide bonds. The average Bonchev–Trinajstić information content (AvgIpc) is 3.11. The molecular weight excluding hydrogens is 326 g/mol. The van der Waals surface area contributed by atoms with Gasteiger partial charge in [-0.05, 0) is 31.4 Å². The Morgan fingerprint density at radius 3 is 2.54 bits per heavy atom. The number of carbonyl (C=O) groups excluding carboxylic acids is 2. The summed E-state index contributed by atoms with van der Waals surface area (Å²) >= 11 is 0. The van der Waals surface area contributed by atoms with E-state index in [2.05, 4.69) is 17.1 Å². The zero-order valence-electron chi connectivity index (χ0n) is 14.8. The summed E-state index contributed by atoms with van der Waals surface area (Å²) in [7, 11) is 0. The van der Waals surface area contributed by atoms with Crippen molar-refractivity contribution < 1.29 is 9.59 Å². The molecule has 1 aliphatic heterocycles. The van der Waals surface area contributed by atoms with Crippen LogP contribution >= 0.6 is 0 Å². The van der Waals surface area contributed by atoms with Crippen molar-refractivity contribution in [3.8, 4) is 0 Å². The average molecular weight is 349 g/mol. The first-order chi connectivity index (χ1) is 12.7. The van der Waals surface area contributed by atoms with E-state index in [1.807, 2.05) is 40.1 Å². The molecule has 5 heteroatoms. The molecule has 0 atom stereocenters. The number of hydrogen-bond donors (Lipinski definition) is 0. The maximum atomic E-state index is 12.9. The van der Waals surface area contributed by atoms with Crippen molar-refractivity contribution in [3.05, 3.63) is 54.2 Å². The Labute approximate surface area is 153 Å². The molecule has 4 rings (SSSR count). The van der Waals surface area contributed by atoms with Crippen LogP contribution in [0.25, 0.3) is 10.9 Å². The van der Waals surface area contributed by atoms with Gasteiger partial charge in [0, 0.05) is 43.7 Å². The van der Waals surface area contributed by atoms with E-state index in [9.17, 15) is 9.59 Å². The fourth-order valence-corrected chi connectivity index (χ4v) is 3.79. The summed E-state index contributed by atoms with van der Waals surface area (Å²) in [4.78, 5) is 33.7. The van der Waals surface area contributed by atoms with Gasteiger partial charge in [-0.15, -0.1) is 0 Å². The highest BCUT2D eigenvalue weighted by Crippen LogP contribution is 2.21. The van der Waals surface area contributed by atoms with Crippen molar-refractivity contribution in [2.24, 2.45) is 5.92 Å². The topological polar surface area (TPSA) is 53.5 Å². The number of amides is 2. The summed E-state index contributed by atoms with van der Waals surface area (Å²) in [5, 5.41) is 0.971. The molecule has 2 aliphatic rings. The lowest BCUT2D eigenvalue weighted by atomic mass is 10.1. The summed E-state index contributed by atoms with van der Waals surface area (Å²) in [5.41, 5.74) is 1.50. The van der Waals surface area contributed by atoms with Crippen LogP contribution in [-0.4, -0.2) is 52.8 Å². The molecule has 1 fully saturated rings. The molecule has 1 aliphatic carbocycles. The van der Waals surface area contributed by atoms with Gasteiger partial charge >= 0.3 is 0 Å². The van der Waals surface area contributed by atoms with Gasteiger partial charge in [0.25, 0.3) is 5.91 Å². The molecule has 134 valence electrons. The number of allylic oxidation sites excluding steroid dienone is 2. The summed E-state index contributed by atoms with van der Waals surface area (Å²) in [6, 6.07) is 9.71. The summed E-state index contributed by atoms with van der Waals surface area (Å²) in [6.07, 6.45) is 8.34. The number of aromatic nitrogens is 1. The number of pyridine rings is 1. The van der Waals surface area contributed by atoms with Gasteiger partial charge < -0.3 is 9.80 Å². The lowest BCUT2D eigenvalue weighted by Crippen LogP contribution is -2.39. The van der Waals surface area contributed by atoms with Crippen LogP contribution in [0.5, 0.6) is 0 Å². The quantitative estimate of drug-likeness (QED) is 0.784. The number of nitrogens with zero attached hydrogens (tertiary/aromatic N) is 3. The van der Waals surface area contributed by atoms with Crippen molar-refractivity contribution in [2.45, 2.75) is 19.3 Å². The molecule has 1 saturated heterocycles. The van der Waals surface area contributed by atoms with Crippen LogP contribution in [0.4, 0.5) is 0 Å². The summed E-state index contributed by atoms with van der Waals surface area (Å²) < 4.78 is 0. The third-order valence-electron chi connectivity index (χ3n) is 5.29. The number of hydrogen-bond acceptors (Lipinski definition) is 3. The van der Waals surface area contributed by atoms with Crippen molar-refractivity contribution in [1.82, 2.24) is 14.8 Å². The molecule has 0 bridgehead atoms. The van der Waals surface area contributed by atoms with Crippen molar-refractivity contribution in [2.75, 3.05) is 26.2 Å². The van der Waals surface area contributed by atoms with E-state index < -0.39 is 0 Å². The van der Waals surface area contributed by atoms with Gasteiger partial charge in [0.2, 0.25) is 5.91 Å². The second-order valence-electron chi connectivity index (χ2n) is 7.03. The van der Waals surface area contributed by atoms with Gasteiger partial charge in [-0.3, -0.25) is 14.6 Å². The van der Waals surface area contributed by atoms with E-state index in [4.69, 9.17) is 0 Å². The first-order valence-corrected chi connectivity index (χ1v) is 9.30. The van der Waals surface area contributed by atoms with Crippen LogP contribution in [0.15, 0.2) is 48.7 Å². The second kappa shape index (κ2) is 7.28. The Hall–Kier alpha value is -2.69. The van der Waals surface area contributed by atoms with Crippen molar-refractivity contribution in [1.29, 1.82) is 0 Å². The highest BCUT2D eigenvalue weighted by atomic mass is 16.2. The molecule has 0 spiro atoms. The van der Waals surface area contributed by atoms with E-state index in [-0.39, 0.29) is 17.7 Å². The Bertz CT molecular complexity index is 853. The zero-order chi connectivity index (χ0) is 17.9. The molecule has 0 N–H and O–H groups in total. The van der Waals surface area contributed by atoms with E-state index in [0.29, 0.717) is 25.2 Å². The van der Waals surface area contributed by atoms with Gasteiger partial charge in [0.15, 0.2) is 0 Å². The molecule has 0 unspecified atom stereocenters. The first kappa shape index (κ1) is 16.8. The fourth-order valence-electron chi connectivity index (χ4n) is 3.79. The Morgan fingerprint density at radius 1 is 0.962 bits per heavy atom. The minimum atomic E-state index is 0.0000788. The lowest BCUT2D eigenvalue weighted by Gasteiger charge is -2.24. The summed E-state index contributed by atoms with van der Waals surface area (Å²) in [6.45, 7) is 2.60. The minimum absolute atomic E-state index is 0.0000788. The van der Waals surface area contributed by atoms with Gasteiger partial charge in [-0.25, -0.2) is 0 Å². The standard InChI is InChI=1S/C21H23N3O2/c25-20(16-6-1-2-7-16)23-10-5-11-24(13-12-23)21(26)18-14-17-8-3-4-9-19(17)22-15-18/h1-4,8-9,14-16H,5-7,10-13H2. The van der Waals surface area contributed by atoms with Crippen LogP contribution in [0.1, 0.15) is 29.6 Å². The van der Waals surface area contributed by atoms with Crippen molar-refractivity contribution >= 4 is 22.7 Å². The van der Waals surface area contributed by atoms with Crippen molar-refractivity contribution in [3.63, 3.8) is 0 Å². The Morgan fingerprint density at radius 2 is 1.69 bits per heavy atom. The zero-order valence-corrected chi connectivity index (χ0v) is 14.8. The molecule has 2 aromatic rings. The number of carbonyl (C=O) groups is 2. The van der Waals surface area contributed by atoms with Crippen LogP contribution in [0.3, 0.4) is 0 Å². The fraction of sp³-hybridized carbons (Fsp3) is 0.381. The minimum Gasteiger partial charge on any atom is -0.341 e. The van der Waals surface area contributed by atoms with E-state index >= 15 is 0 Å². The SMILES string of the molecule is O=C(c1cnc2ccccc2c1)N1CCCN(C(=O)C2CC=CC2)CC1. The molecule has 5 nitrogen and oxygen atoms in total. The largest absolute Gasteiger partial charge is 0.341 e. The van der Waals surface area contributed by atoms with Crippen LogP contribution in [0, 0.1) is 5.92 Å². The predicted molar refractivity (Wildman–Crippen MR) is 101 cm³/mol.